The summed E-state index contributed by atoms with van der Waals surface area (Å²) in [5.41, 5.74) is 2.80. The lowest BCUT2D eigenvalue weighted by Gasteiger charge is -2.36. The van der Waals surface area contributed by atoms with Gasteiger partial charge in [0.25, 0.3) is 5.56 Å². The third kappa shape index (κ3) is 7.46. The maximum absolute atomic E-state index is 13.5. The van der Waals surface area contributed by atoms with Crippen molar-refractivity contribution in [3.8, 4) is 0 Å². The van der Waals surface area contributed by atoms with Crippen molar-refractivity contribution >= 4 is 40.9 Å². The molecule has 0 N–H and O–H groups in total. The molecule has 2 aromatic carbocycles. The van der Waals surface area contributed by atoms with E-state index in [0.717, 1.165) is 16.8 Å². The van der Waals surface area contributed by atoms with Crippen LogP contribution in [0.2, 0.25) is 5.02 Å². The smallest absolute Gasteiger partial charge is 0.277 e. The highest BCUT2D eigenvalue weighted by Gasteiger charge is 2.23. The van der Waals surface area contributed by atoms with E-state index in [1.807, 2.05) is 43.3 Å². The summed E-state index contributed by atoms with van der Waals surface area (Å²) < 4.78 is 15.1. The van der Waals surface area contributed by atoms with E-state index < -0.39 is 0 Å². The Morgan fingerprint density at radius 1 is 0.976 bits per heavy atom. The van der Waals surface area contributed by atoms with Gasteiger partial charge in [-0.25, -0.2) is 14.4 Å². The molecule has 4 aromatic rings. The summed E-state index contributed by atoms with van der Waals surface area (Å²) in [6, 6.07) is 13.9. The van der Waals surface area contributed by atoms with Crippen molar-refractivity contribution in [3.05, 3.63) is 105 Å². The van der Waals surface area contributed by atoms with Crippen molar-refractivity contribution in [1.29, 1.82) is 0 Å². The minimum atomic E-state index is -0.367. The average Bonchev–Trinajstić information content (AvgIpc) is 2.99. The number of halogens is 2. The Kier molecular flexibility index (Phi) is 9.38. The molecule has 0 saturated carbocycles. The van der Waals surface area contributed by atoms with E-state index >= 15 is 0 Å². The molecule has 3 heterocycles. The van der Waals surface area contributed by atoms with Crippen molar-refractivity contribution in [1.82, 2.24) is 24.4 Å². The molecular weight excluding hydrogens is 577 g/mol. The lowest BCUT2D eigenvalue weighted by atomic mass is 10.1. The normalized spacial score (nSPS) is 13.3. The van der Waals surface area contributed by atoms with Gasteiger partial charge in [0.15, 0.2) is 5.16 Å². The average molecular weight is 608 g/mol. The van der Waals surface area contributed by atoms with Gasteiger partial charge in [0.1, 0.15) is 12.4 Å². The van der Waals surface area contributed by atoms with E-state index in [9.17, 15) is 14.0 Å². The largest absolute Gasteiger partial charge is 0.368 e. The van der Waals surface area contributed by atoms with Crippen molar-refractivity contribution < 1.29 is 9.18 Å². The Balaban J connectivity index is 1.33. The number of thioether (sulfide) groups is 1. The van der Waals surface area contributed by atoms with Crippen LogP contribution in [0.25, 0.3) is 0 Å². The number of aromatic nitrogens is 4. The summed E-state index contributed by atoms with van der Waals surface area (Å²) in [6.45, 7) is 2.61. The third-order valence-electron chi connectivity index (χ3n) is 6.93. The molecule has 1 amide bonds. The number of hydrogen-bond donors (Lipinski definition) is 0. The van der Waals surface area contributed by atoms with Crippen LogP contribution >= 0.6 is 23.4 Å². The van der Waals surface area contributed by atoms with E-state index in [1.54, 1.807) is 40.2 Å². The molecule has 0 bridgehead atoms. The Morgan fingerprint density at radius 2 is 1.64 bits per heavy atom. The highest BCUT2D eigenvalue weighted by atomic mass is 35.5. The first kappa shape index (κ1) is 29.5. The standard InChI is InChI=1S/C30H31ClFN7O2S/c1-36(2)29-33-16-22(17-34-29)15-23-18-39(30(35-28(23)41)42-20-21-3-7-25(32)8-4-21)19-27(40)38-13-11-37(12-14-38)26-9-5-24(31)6-10-26/h3-10,16-18H,11-15,19-20H2,1-2H3. The molecule has 0 unspecified atom stereocenters. The first-order valence-corrected chi connectivity index (χ1v) is 14.9. The molecular formula is C30H31ClFN7O2S. The number of carbonyl (C=O) groups excluding carboxylic acids is 1. The van der Waals surface area contributed by atoms with E-state index in [1.165, 1.54) is 23.9 Å². The van der Waals surface area contributed by atoms with Crippen molar-refractivity contribution in [3.63, 3.8) is 0 Å². The number of benzene rings is 2. The fraction of sp³-hybridized carbons (Fsp3) is 0.300. The quantitative estimate of drug-likeness (QED) is 0.207. The summed E-state index contributed by atoms with van der Waals surface area (Å²) >= 11 is 7.37. The molecule has 0 radical (unpaired) electrons. The van der Waals surface area contributed by atoms with E-state index in [2.05, 4.69) is 19.9 Å². The van der Waals surface area contributed by atoms with Gasteiger partial charge in [-0.1, -0.05) is 35.5 Å². The molecule has 0 spiro atoms. The van der Waals surface area contributed by atoms with Crippen LogP contribution in [0.15, 0.2) is 77.1 Å². The molecule has 5 rings (SSSR count). The monoisotopic (exact) mass is 607 g/mol. The fourth-order valence-corrected chi connectivity index (χ4v) is 5.65. The number of piperazine rings is 1. The molecule has 1 saturated heterocycles. The maximum Gasteiger partial charge on any atom is 0.277 e. The number of amides is 1. The first-order chi connectivity index (χ1) is 20.2. The Morgan fingerprint density at radius 3 is 2.29 bits per heavy atom. The number of hydrogen-bond acceptors (Lipinski definition) is 8. The number of carbonyl (C=O) groups is 1. The zero-order valence-corrected chi connectivity index (χ0v) is 25.0. The molecule has 0 aliphatic carbocycles. The number of rotatable bonds is 9. The summed E-state index contributed by atoms with van der Waals surface area (Å²) in [4.78, 5) is 45.4. The van der Waals surface area contributed by atoms with Crippen LogP contribution in [0, 0.1) is 5.82 Å². The summed E-state index contributed by atoms with van der Waals surface area (Å²) in [7, 11) is 3.71. The molecule has 12 heteroatoms. The highest BCUT2D eigenvalue weighted by molar-refractivity contribution is 7.98. The van der Waals surface area contributed by atoms with Gasteiger partial charge < -0.3 is 19.3 Å². The molecule has 1 fully saturated rings. The fourth-order valence-electron chi connectivity index (χ4n) is 4.60. The molecule has 0 atom stereocenters. The predicted molar refractivity (Wildman–Crippen MR) is 164 cm³/mol. The van der Waals surface area contributed by atoms with Gasteiger partial charge >= 0.3 is 0 Å². The van der Waals surface area contributed by atoms with Gasteiger partial charge in [-0.2, -0.15) is 4.98 Å². The number of anilines is 2. The zero-order valence-electron chi connectivity index (χ0n) is 23.4. The SMILES string of the molecule is CN(C)c1ncc(Cc2cn(CC(=O)N3CCN(c4ccc(Cl)cc4)CC3)c(SCc3ccc(F)cc3)nc2=O)cn1. The van der Waals surface area contributed by atoms with Gasteiger partial charge in [-0.3, -0.25) is 9.59 Å². The van der Waals surface area contributed by atoms with Crippen LogP contribution in [0.4, 0.5) is 16.0 Å². The van der Waals surface area contributed by atoms with Gasteiger partial charge in [-0.15, -0.1) is 0 Å². The third-order valence-corrected chi connectivity index (χ3v) is 8.24. The molecule has 9 nitrogen and oxygen atoms in total. The van der Waals surface area contributed by atoms with Gasteiger partial charge in [0, 0.05) is 87.3 Å². The van der Waals surface area contributed by atoms with Gasteiger partial charge in [0.2, 0.25) is 11.9 Å². The summed E-state index contributed by atoms with van der Waals surface area (Å²) in [6.07, 6.45) is 5.38. The number of nitrogens with zero attached hydrogens (tertiary/aromatic N) is 7. The molecule has 1 aliphatic heterocycles. The lowest BCUT2D eigenvalue weighted by Crippen LogP contribution is -2.49. The molecule has 1 aliphatic rings. The minimum Gasteiger partial charge on any atom is -0.368 e. The van der Waals surface area contributed by atoms with Crippen molar-refractivity contribution in [2.75, 3.05) is 50.1 Å². The van der Waals surface area contributed by atoms with E-state index in [4.69, 9.17) is 11.6 Å². The summed E-state index contributed by atoms with van der Waals surface area (Å²) in [5, 5.41) is 1.12. The van der Waals surface area contributed by atoms with Crippen LogP contribution in [-0.4, -0.2) is 70.6 Å². The van der Waals surface area contributed by atoms with Crippen LogP contribution in [0.5, 0.6) is 0 Å². The molecule has 2 aromatic heterocycles. The minimum absolute atomic E-state index is 0.0447. The second-order valence-corrected chi connectivity index (χ2v) is 11.6. The van der Waals surface area contributed by atoms with Crippen LogP contribution in [0.3, 0.4) is 0 Å². The van der Waals surface area contributed by atoms with Crippen LogP contribution in [0.1, 0.15) is 16.7 Å². The lowest BCUT2D eigenvalue weighted by molar-refractivity contribution is -0.132. The van der Waals surface area contributed by atoms with Crippen LogP contribution in [-0.2, 0) is 23.5 Å². The second kappa shape index (κ2) is 13.3. The maximum atomic E-state index is 13.5. The topological polar surface area (TPSA) is 87.5 Å². The zero-order chi connectivity index (χ0) is 29.6. The van der Waals surface area contributed by atoms with Crippen molar-refractivity contribution in [2.24, 2.45) is 0 Å². The second-order valence-electron chi connectivity index (χ2n) is 10.2. The van der Waals surface area contributed by atoms with Crippen LogP contribution < -0.4 is 15.4 Å². The highest BCUT2D eigenvalue weighted by Crippen LogP contribution is 2.23. The molecule has 42 heavy (non-hydrogen) atoms. The van der Waals surface area contributed by atoms with Gasteiger partial charge in [0.05, 0.1) is 0 Å². The van der Waals surface area contributed by atoms with Crippen molar-refractivity contribution in [2.45, 2.75) is 23.9 Å². The Labute approximate surface area is 253 Å². The Bertz CT molecular complexity index is 1570. The first-order valence-electron chi connectivity index (χ1n) is 13.5. The van der Waals surface area contributed by atoms with E-state index in [0.29, 0.717) is 53.6 Å². The van der Waals surface area contributed by atoms with E-state index in [-0.39, 0.29) is 30.2 Å². The predicted octanol–water partition coefficient (Wildman–Crippen LogP) is 4.12. The Hall–Kier alpha value is -3.96. The summed E-state index contributed by atoms with van der Waals surface area (Å²) in [5.74, 6) is 0.681. The van der Waals surface area contributed by atoms with Gasteiger partial charge in [-0.05, 0) is 47.5 Å². The molecule has 218 valence electrons.